The number of aryl methyl sites for hydroxylation is 1. The van der Waals surface area contributed by atoms with Gasteiger partial charge in [0.1, 0.15) is 6.10 Å². The van der Waals surface area contributed by atoms with Gasteiger partial charge in [-0.25, -0.2) is 13.2 Å². The number of nitrogens with one attached hydrogen (secondary N) is 2. The highest BCUT2D eigenvalue weighted by Gasteiger charge is 2.21. The number of carbonyl (C=O) groups is 1. The van der Waals surface area contributed by atoms with Crippen LogP contribution >= 0.6 is 0 Å². The van der Waals surface area contributed by atoms with E-state index < -0.39 is 15.9 Å². The van der Waals surface area contributed by atoms with E-state index in [1.807, 2.05) is 25.1 Å². The fourth-order valence-electron chi connectivity index (χ4n) is 2.96. The number of ether oxygens (including phenoxy) is 1. The Hall–Kier alpha value is -2.38. The van der Waals surface area contributed by atoms with Crippen molar-refractivity contribution in [3.63, 3.8) is 0 Å². The molecule has 2 N–H and O–H groups in total. The molecule has 0 fully saturated rings. The van der Waals surface area contributed by atoms with E-state index in [2.05, 4.69) is 16.7 Å². The molecule has 0 aliphatic carbocycles. The van der Waals surface area contributed by atoms with Crippen LogP contribution in [0.4, 0.5) is 10.5 Å². The summed E-state index contributed by atoms with van der Waals surface area (Å²) in [5, 5.41) is 5.52. The number of benzene rings is 2. The first-order chi connectivity index (χ1) is 12.3. The van der Waals surface area contributed by atoms with E-state index >= 15 is 0 Å². The Kier molecular flexibility index (Phi) is 5.29. The number of amides is 2. The van der Waals surface area contributed by atoms with Gasteiger partial charge in [-0.05, 0) is 42.2 Å². The van der Waals surface area contributed by atoms with E-state index in [1.165, 1.54) is 17.7 Å². The van der Waals surface area contributed by atoms with Crippen molar-refractivity contribution in [2.75, 3.05) is 24.7 Å². The molecule has 0 spiro atoms. The van der Waals surface area contributed by atoms with Crippen LogP contribution in [0.1, 0.15) is 22.8 Å². The topological polar surface area (TPSA) is 84.5 Å². The van der Waals surface area contributed by atoms with Crippen LogP contribution in [0.25, 0.3) is 0 Å². The van der Waals surface area contributed by atoms with Gasteiger partial charge in [0.15, 0.2) is 9.84 Å². The van der Waals surface area contributed by atoms with Crippen molar-refractivity contribution in [2.24, 2.45) is 0 Å². The van der Waals surface area contributed by atoms with Crippen LogP contribution in [0.3, 0.4) is 0 Å². The van der Waals surface area contributed by atoms with Crippen molar-refractivity contribution < 1.29 is 17.9 Å². The maximum absolute atomic E-state index is 12.3. The molecule has 2 aromatic rings. The van der Waals surface area contributed by atoms with Gasteiger partial charge in [0.2, 0.25) is 0 Å². The molecule has 6 nitrogen and oxygen atoms in total. The molecule has 138 valence electrons. The Bertz CT molecular complexity index is 925. The molecule has 26 heavy (non-hydrogen) atoms. The van der Waals surface area contributed by atoms with Gasteiger partial charge in [-0.15, -0.1) is 0 Å². The van der Waals surface area contributed by atoms with Crippen molar-refractivity contribution in [1.29, 1.82) is 0 Å². The predicted octanol–water partition coefficient (Wildman–Crippen LogP) is 2.83. The minimum absolute atomic E-state index is 0.169. The zero-order chi connectivity index (χ0) is 18.7. The Morgan fingerprint density at radius 1 is 1.23 bits per heavy atom. The zero-order valence-electron chi connectivity index (χ0n) is 14.8. The van der Waals surface area contributed by atoms with Gasteiger partial charge in [-0.1, -0.05) is 30.3 Å². The number of fused-ring (bicyclic) bond motifs is 1. The van der Waals surface area contributed by atoms with Crippen molar-refractivity contribution in [2.45, 2.75) is 24.3 Å². The maximum atomic E-state index is 12.3. The molecule has 0 unspecified atom stereocenters. The van der Waals surface area contributed by atoms with E-state index in [0.29, 0.717) is 18.8 Å². The fourth-order valence-corrected chi connectivity index (χ4v) is 3.61. The van der Waals surface area contributed by atoms with E-state index in [-0.39, 0.29) is 11.0 Å². The van der Waals surface area contributed by atoms with Gasteiger partial charge < -0.3 is 15.4 Å². The summed E-state index contributed by atoms with van der Waals surface area (Å²) < 4.78 is 29.1. The molecule has 1 atom stereocenters. The molecule has 1 aliphatic heterocycles. The molecule has 3 rings (SSSR count). The third-order valence-electron chi connectivity index (χ3n) is 4.43. The van der Waals surface area contributed by atoms with Crippen LogP contribution in [0, 0.1) is 6.92 Å². The van der Waals surface area contributed by atoms with E-state index in [1.54, 1.807) is 6.07 Å². The van der Waals surface area contributed by atoms with Crippen LogP contribution in [-0.4, -0.2) is 33.9 Å². The van der Waals surface area contributed by atoms with Crippen molar-refractivity contribution >= 4 is 21.6 Å². The summed E-state index contributed by atoms with van der Waals surface area (Å²) in [6.45, 7) is 2.77. The SMILES string of the molecule is Cc1ccc(S(C)(=O)=O)cc1NC(=O)NC[C@@H]1OCCc2ccccc21. The number of rotatable bonds is 4. The van der Waals surface area contributed by atoms with Crippen LogP contribution in [0.2, 0.25) is 0 Å². The van der Waals surface area contributed by atoms with Crippen molar-refractivity contribution in [1.82, 2.24) is 5.32 Å². The molecule has 2 aromatic carbocycles. The highest BCUT2D eigenvalue weighted by Crippen LogP contribution is 2.26. The summed E-state index contributed by atoms with van der Waals surface area (Å²) in [4.78, 5) is 12.4. The minimum Gasteiger partial charge on any atom is -0.371 e. The number of carbonyl (C=O) groups excluding carboxylic acids is 1. The highest BCUT2D eigenvalue weighted by atomic mass is 32.2. The van der Waals surface area contributed by atoms with Gasteiger partial charge in [0, 0.05) is 18.5 Å². The number of hydrogen-bond acceptors (Lipinski definition) is 4. The molecule has 0 aromatic heterocycles. The Morgan fingerprint density at radius 3 is 2.77 bits per heavy atom. The summed E-state index contributed by atoms with van der Waals surface area (Å²) in [5.74, 6) is 0. The normalized spacial score (nSPS) is 16.6. The summed E-state index contributed by atoms with van der Waals surface area (Å²) in [6.07, 6.45) is 1.82. The van der Waals surface area contributed by atoms with Gasteiger partial charge in [0.25, 0.3) is 0 Å². The Balaban J connectivity index is 1.66. The molecule has 0 radical (unpaired) electrons. The second-order valence-corrected chi connectivity index (χ2v) is 8.41. The first-order valence-electron chi connectivity index (χ1n) is 8.39. The fraction of sp³-hybridized carbons (Fsp3) is 0.316. The lowest BCUT2D eigenvalue weighted by Gasteiger charge is -2.26. The Morgan fingerprint density at radius 2 is 2.00 bits per heavy atom. The minimum atomic E-state index is -3.33. The lowest BCUT2D eigenvalue weighted by molar-refractivity contribution is 0.0444. The predicted molar refractivity (Wildman–Crippen MR) is 100 cm³/mol. The molecule has 1 aliphatic rings. The van der Waals surface area contributed by atoms with Crippen molar-refractivity contribution in [3.8, 4) is 0 Å². The molecule has 0 bridgehead atoms. The van der Waals surface area contributed by atoms with Crippen molar-refractivity contribution in [3.05, 3.63) is 59.2 Å². The van der Waals surface area contributed by atoms with Crippen LogP contribution in [0.5, 0.6) is 0 Å². The standard InChI is InChI=1S/C19H22N2O4S/c1-13-7-8-15(26(2,23)24)11-17(13)21-19(22)20-12-18-16-6-4-3-5-14(16)9-10-25-18/h3-8,11,18H,9-10,12H2,1-2H3,(H2,20,21,22)/t18-/m0/s1. The van der Waals surface area contributed by atoms with Gasteiger partial charge in [-0.3, -0.25) is 0 Å². The number of sulfone groups is 1. The van der Waals surface area contributed by atoms with Gasteiger partial charge in [-0.2, -0.15) is 0 Å². The summed E-state index contributed by atoms with van der Waals surface area (Å²) >= 11 is 0. The molecule has 0 saturated carbocycles. The molecule has 0 saturated heterocycles. The molecule has 7 heteroatoms. The van der Waals surface area contributed by atoms with Crippen LogP contribution in [-0.2, 0) is 21.0 Å². The molecule has 1 heterocycles. The largest absolute Gasteiger partial charge is 0.371 e. The summed E-state index contributed by atoms with van der Waals surface area (Å²) in [6, 6.07) is 12.3. The van der Waals surface area contributed by atoms with Gasteiger partial charge in [0.05, 0.1) is 11.5 Å². The third-order valence-corrected chi connectivity index (χ3v) is 5.54. The first kappa shape index (κ1) is 18.4. The van der Waals surface area contributed by atoms with E-state index in [0.717, 1.165) is 23.8 Å². The first-order valence-corrected chi connectivity index (χ1v) is 10.3. The highest BCUT2D eigenvalue weighted by molar-refractivity contribution is 7.90. The third kappa shape index (κ3) is 4.23. The zero-order valence-corrected chi connectivity index (χ0v) is 15.6. The monoisotopic (exact) mass is 374 g/mol. The number of anilines is 1. The summed E-state index contributed by atoms with van der Waals surface area (Å²) in [5.41, 5.74) is 3.58. The maximum Gasteiger partial charge on any atom is 0.319 e. The Labute approximate surface area is 153 Å². The lowest BCUT2D eigenvalue weighted by atomic mass is 9.98. The molecular formula is C19H22N2O4S. The average Bonchev–Trinajstić information content (AvgIpc) is 2.61. The second-order valence-electron chi connectivity index (χ2n) is 6.39. The molecule has 2 amide bonds. The molecular weight excluding hydrogens is 352 g/mol. The lowest BCUT2D eigenvalue weighted by Crippen LogP contribution is -2.34. The van der Waals surface area contributed by atoms with Crippen LogP contribution in [0.15, 0.2) is 47.4 Å². The average molecular weight is 374 g/mol. The smallest absolute Gasteiger partial charge is 0.319 e. The number of urea groups is 1. The quantitative estimate of drug-likeness (QED) is 0.862. The van der Waals surface area contributed by atoms with E-state index in [4.69, 9.17) is 4.74 Å². The van der Waals surface area contributed by atoms with E-state index in [9.17, 15) is 13.2 Å². The van der Waals surface area contributed by atoms with Crippen LogP contribution < -0.4 is 10.6 Å². The number of hydrogen-bond donors (Lipinski definition) is 2. The summed E-state index contributed by atoms with van der Waals surface area (Å²) in [7, 11) is -3.33. The van der Waals surface area contributed by atoms with Gasteiger partial charge >= 0.3 is 6.03 Å². The second kappa shape index (κ2) is 7.47.